The first kappa shape index (κ1) is 13.1. The van der Waals surface area contributed by atoms with E-state index in [0.29, 0.717) is 11.4 Å². The number of imidazole rings is 1. The van der Waals surface area contributed by atoms with Gasteiger partial charge in [-0.15, -0.1) is 0 Å². The molecule has 112 valence electrons. The Labute approximate surface area is 127 Å². The van der Waals surface area contributed by atoms with Crippen LogP contribution in [0.2, 0.25) is 0 Å². The molecule has 0 fully saturated rings. The zero-order valence-corrected chi connectivity index (χ0v) is 12.4. The van der Waals surface area contributed by atoms with Crippen molar-refractivity contribution in [3.8, 4) is 11.4 Å². The molecule has 0 amide bonds. The van der Waals surface area contributed by atoms with Crippen LogP contribution in [0.15, 0.2) is 40.1 Å². The molecule has 2 heterocycles. The van der Waals surface area contributed by atoms with Crippen molar-refractivity contribution in [2.75, 3.05) is 0 Å². The van der Waals surface area contributed by atoms with Crippen molar-refractivity contribution in [1.82, 2.24) is 14.1 Å². The Morgan fingerprint density at radius 1 is 1.00 bits per heavy atom. The molecule has 2 aliphatic heterocycles. The Morgan fingerprint density at radius 3 is 2.50 bits per heavy atom. The van der Waals surface area contributed by atoms with Gasteiger partial charge < -0.3 is 4.98 Å². The fourth-order valence-electron chi connectivity index (χ4n) is 3.26. The Hall–Kier alpha value is -2.56. The minimum absolute atomic E-state index is 0.265. The number of aromatic nitrogens is 3. The highest BCUT2D eigenvalue weighted by molar-refractivity contribution is 5.41. The molecule has 5 nitrogen and oxygen atoms in total. The average molecular weight is 295 g/mol. The largest absolute Gasteiger partial charge is 0.362 e. The van der Waals surface area contributed by atoms with E-state index in [4.69, 9.17) is 0 Å². The molecular weight excluding hydrogens is 278 g/mol. The summed E-state index contributed by atoms with van der Waals surface area (Å²) in [6, 6.07) is 7.44. The monoisotopic (exact) mass is 295 g/mol. The third kappa shape index (κ3) is 1.78. The first-order valence-corrected chi connectivity index (χ1v) is 7.61. The summed E-state index contributed by atoms with van der Waals surface area (Å²) in [7, 11) is 0. The summed E-state index contributed by atoms with van der Waals surface area (Å²) >= 11 is 0. The maximum atomic E-state index is 12.8. The number of hydrogen-bond donors (Lipinski definition) is 1. The van der Waals surface area contributed by atoms with Gasteiger partial charge in [0.1, 0.15) is 5.69 Å². The van der Waals surface area contributed by atoms with Gasteiger partial charge in [-0.3, -0.25) is 9.36 Å². The lowest BCUT2D eigenvalue weighted by Crippen LogP contribution is -2.27. The zero-order valence-electron chi connectivity index (χ0n) is 12.4. The van der Waals surface area contributed by atoms with Gasteiger partial charge in [-0.05, 0) is 44.7 Å². The molecule has 5 heteroatoms. The second kappa shape index (κ2) is 4.73. The van der Waals surface area contributed by atoms with Crippen molar-refractivity contribution in [2.24, 2.45) is 0 Å². The van der Waals surface area contributed by atoms with E-state index in [1.165, 1.54) is 4.57 Å². The van der Waals surface area contributed by atoms with E-state index < -0.39 is 0 Å². The van der Waals surface area contributed by atoms with Crippen LogP contribution in [0, 0.1) is 6.92 Å². The molecule has 0 saturated heterocycles. The van der Waals surface area contributed by atoms with Gasteiger partial charge in [0.2, 0.25) is 0 Å². The molecular formula is C17H17N3O2. The van der Waals surface area contributed by atoms with E-state index in [1.807, 2.05) is 31.2 Å². The Kier molecular flexibility index (Phi) is 2.82. The van der Waals surface area contributed by atoms with Crippen molar-refractivity contribution in [1.29, 1.82) is 0 Å². The normalized spacial score (nSPS) is 14.2. The molecule has 1 aliphatic carbocycles. The van der Waals surface area contributed by atoms with Crippen LogP contribution in [-0.4, -0.2) is 14.1 Å². The van der Waals surface area contributed by atoms with Gasteiger partial charge in [-0.25, -0.2) is 9.36 Å². The lowest BCUT2D eigenvalue weighted by atomic mass is 10.00. The quantitative estimate of drug-likeness (QED) is 0.746. The number of nitrogens with zero attached hydrogens (tertiary/aromatic N) is 2. The van der Waals surface area contributed by atoms with Crippen molar-refractivity contribution in [2.45, 2.75) is 32.6 Å². The molecule has 0 spiro atoms. The van der Waals surface area contributed by atoms with Gasteiger partial charge in [0, 0.05) is 17.6 Å². The fraction of sp³-hybridized carbons (Fsp3) is 0.294. The van der Waals surface area contributed by atoms with Gasteiger partial charge in [0.25, 0.3) is 5.56 Å². The minimum Gasteiger partial charge on any atom is -0.362 e. The SMILES string of the molecule is Cc1ccc(-n2c(=O)c3c[nH]c4c(n-3c2=O)CCCC4)cc1. The predicted molar refractivity (Wildman–Crippen MR) is 84.6 cm³/mol. The van der Waals surface area contributed by atoms with E-state index >= 15 is 0 Å². The fourth-order valence-corrected chi connectivity index (χ4v) is 3.26. The summed E-state index contributed by atoms with van der Waals surface area (Å²) in [5.41, 5.74) is 3.63. The second-order valence-corrected chi connectivity index (χ2v) is 5.90. The molecule has 0 atom stereocenters. The summed E-state index contributed by atoms with van der Waals surface area (Å²) in [6.45, 7) is 1.98. The minimum atomic E-state index is -0.268. The number of fused-ring (bicyclic) bond motifs is 3. The summed E-state index contributed by atoms with van der Waals surface area (Å²) < 4.78 is 2.85. The molecule has 3 aliphatic rings. The maximum Gasteiger partial charge on any atom is 0.340 e. The summed E-state index contributed by atoms with van der Waals surface area (Å²) in [6.07, 6.45) is 5.60. The van der Waals surface area contributed by atoms with E-state index in [9.17, 15) is 9.59 Å². The lowest BCUT2D eigenvalue weighted by Gasteiger charge is -2.18. The zero-order chi connectivity index (χ0) is 15.3. The number of aryl methyl sites for hydroxylation is 2. The second-order valence-electron chi connectivity index (χ2n) is 5.90. The van der Waals surface area contributed by atoms with Gasteiger partial charge >= 0.3 is 5.69 Å². The standard InChI is InChI=1S/C17H17N3O2/c1-11-6-8-12(9-7-11)19-16(21)15-10-18-13-4-2-3-5-14(13)20(15)17(19)22/h6-10,18H,2-5H2,1H3. The molecule has 1 aromatic rings. The number of aromatic amines is 1. The molecule has 22 heavy (non-hydrogen) atoms. The van der Waals surface area contributed by atoms with Crippen molar-refractivity contribution in [3.05, 3.63) is 68.3 Å². The summed E-state index contributed by atoms with van der Waals surface area (Å²) in [5, 5.41) is 0. The van der Waals surface area contributed by atoms with Gasteiger partial charge in [-0.1, -0.05) is 17.7 Å². The third-order valence-corrected chi connectivity index (χ3v) is 4.43. The highest BCUT2D eigenvalue weighted by atomic mass is 16.2. The first-order chi connectivity index (χ1) is 10.7. The number of H-pyrrole nitrogens is 1. The topological polar surface area (TPSA) is 59.8 Å². The Balaban J connectivity index is 2.05. The van der Waals surface area contributed by atoms with Gasteiger partial charge in [-0.2, -0.15) is 0 Å². The van der Waals surface area contributed by atoms with Crippen molar-refractivity contribution < 1.29 is 0 Å². The van der Waals surface area contributed by atoms with Gasteiger partial charge in [0.15, 0.2) is 0 Å². The van der Waals surface area contributed by atoms with E-state index in [1.54, 1.807) is 10.8 Å². The number of hydrogen-bond acceptors (Lipinski definition) is 2. The van der Waals surface area contributed by atoms with Crippen LogP contribution in [0.5, 0.6) is 0 Å². The highest BCUT2D eigenvalue weighted by Gasteiger charge is 2.24. The van der Waals surface area contributed by atoms with E-state index in [-0.39, 0.29) is 11.2 Å². The summed E-state index contributed by atoms with van der Waals surface area (Å²) in [5.74, 6) is 0. The van der Waals surface area contributed by atoms with Crippen molar-refractivity contribution >= 4 is 0 Å². The van der Waals surface area contributed by atoms with Crippen LogP contribution >= 0.6 is 0 Å². The van der Waals surface area contributed by atoms with Crippen LogP contribution < -0.4 is 11.2 Å². The molecule has 1 aromatic carbocycles. The van der Waals surface area contributed by atoms with Crippen molar-refractivity contribution in [3.63, 3.8) is 0 Å². The van der Waals surface area contributed by atoms with E-state index in [2.05, 4.69) is 4.98 Å². The van der Waals surface area contributed by atoms with Crippen LogP contribution in [0.4, 0.5) is 0 Å². The van der Waals surface area contributed by atoms with Crippen LogP contribution in [0.1, 0.15) is 29.8 Å². The first-order valence-electron chi connectivity index (χ1n) is 7.61. The summed E-state index contributed by atoms with van der Waals surface area (Å²) in [4.78, 5) is 28.7. The van der Waals surface area contributed by atoms with Crippen LogP contribution in [0.25, 0.3) is 11.4 Å². The molecule has 1 N–H and O–H groups in total. The smallest absolute Gasteiger partial charge is 0.340 e. The Bertz CT molecular complexity index is 928. The molecule has 0 saturated carbocycles. The lowest BCUT2D eigenvalue weighted by molar-refractivity contribution is 0.625. The number of rotatable bonds is 1. The molecule has 0 unspecified atom stereocenters. The maximum absolute atomic E-state index is 12.8. The third-order valence-electron chi connectivity index (χ3n) is 4.43. The van der Waals surface area contributed by atoms with E-state index in [0.717, 1.165) is 42.6 Å². The molecule has 4 rings (SSSR count). The predicted octanol–water partition coefficient (Wildman–Crippen LogP) is 1.94. The Morgan fingerprint density at radius 2 is 1.73 bits per heavy atom. The van der Waals surface area contributed by atoms with Crippen LogP contribution in [-0.2, 0) is 12.8 Å². The number of nitrogens with one attached hydrogen (secondary N) is 1. The number of benzene rings is 1. The molecule has 0 aromatic heterocycles. The molecule has 0 bridgehead atoms. The van der Waals surface area contributed by atoms with Crippen LogP contribution in [0.3, 0.4) is 0 Å². The van der Waals surface area contributed by atoms with Gasteiger partial charge in [0.05, 0.1) is 5.69 Å². The molecule has 0 radical (unpaired) electrons. The average Bonchev–Trinajstić information content (AvgIpc) is 2.80. The highest BCUT2D eigenvalue weighted by Crippen LogP contribution is 2.21.